The molecule has 0 saturated carbocycles. The molecule has 0 fully saturated rings. The van der Waals surface area contributed by atoms with Gasteiger partial charge in [0.1, 0.15) is 5.15 Å². The zero-order valence-corrected chi connectivity index (χ0v) is 7.45. The van der Waals surface area contributed by atoms with Crippen LogP contribution < -0.4 is 0 Å². The first-order valence-electron chi connectivity index (χ1n) is 3.69. The monoisotopic (exact) mass is 220 g/mol. The van der Waals surface area contributed by atoms with Crippen molar-refractivity contribution in [2.45, 2.75) is 6.18 Å². The summed E-state index contributed by atoms with van der Waals surface area (Å²) in [5, 5.41) is -0.163. The maximum atomic E-state index is 12.5. The highest BCUT2D eigenvalue weighted by Crippen LogP contribution is 2.34. The number of hydrogen-bond acceptors (Lipinski definition) is 1. The minimum atomic E-state index is -4.42. The van der Waals surface area contributed by atoms with Gasteiger partial charge in [-0.15, -0.1) is 0 Å². The molecule has 0 spiro atoms. The standard InChI is InChI=1S/C8H4ClF3N2/c9-6-3-4(8(10,11)12)7-5(14-6)1-2-13-7/h1-3,13H. The Kier molecular flexibility index (Phi) is 1.92. The van der Waals surface area contributed by atoms with Gasteiger partial charge in [-0.3, -0.25) is 0 Å². The van der Waals surface area contributed by atoms with Crippen LogP contribution in [0.5, 0.6) is 0 Å². The Morgan fingerprint density at radius 1 is 1.36 bits per heavy atom. The number of halogens is 4. The number of hydrogen-bond donors (Lipinski definition) is 1. The lowest BCUT2D eigenvalue weighted by molar-refractivity contribution is -0.136. The van der Waals surface area contributed by atoms with Crippen LogP contribution in [0.4, 0.5) is 13.2 Å². The van der Waals surface area contributed by atoms with Crippen molar-refractivity contribution in [3.63, 3.8) is 0 Å². The third-order valence-corrected chi connectivity index (χ3v) is 1.98. The number of pyridine rings is 1. The minimum absolute atomic E-state index is 0.0399. The number of rotatable bonds is 0. The number of H-pyrrole nitrogens is 1. The third kappa shape index (κ3) is 1.43. The van der Waals surface area contributed by atoms with Crippen molar-refractivity contribution in [2.24, 2.45) is 0 Å². The highest BCUT2D eigenvalue weighted by atomic mass is 35.5. The van der Waals surface area contributed by atoms with Crippen LogP contribution >= 0.6 is 11.6 Å². The number of fused-ring (bicyclic) bond motifs is 1. The number of aromatic amines is 1. The molecule has 2 heterocycles. The molecule has 0 aromatic carbocycles. The lowest BCUT2D eigenvalue weighted by Crippen LogP contribution is -2.06. The van der Waals surface area contributed by atoms with Gasteiger partial charge in [0.05, 0.1) is 16.6 Å². The Morgan fingerprint density at radius 3 is 2.71 bits per heavy atom. The first-order valence-corrected chi connectivity index (χ1v) is 4.07. The average molecular weight is 221 g/mol. The smallest absolute Gasteiger partial charge is 0.359 e. The van der Waals surface area contributed by atoms with Gasteiger partial charge in [0.25, 0.3) is 0 Å². The quantitative estimate of drug-likeness (QED) is 0.679. The zero-order valence-electron chi connectivity index (χ0n) is 6.69. The molecule has 1 N–H and O–H groups in total. The van der Waals surface area contributed by atoms with Crippen molar-refractivity contribution in [2.75, 3.05) is 0 Å². The van der Waals surface area contributed by atoms with Crippen molar-refractivity contribution < 1.29 is 13.2 Å². The SMILES string of the molecule is FC(F)(F)c1cc(Cl)nc2cc[nH]c12. The molecule has 0 amide bonds. The summed E-state index contributed by atoms with van der Waals surface area (Å²) in [6.07, 6.45) is -3.03. The van der Waals surface area contributed by atoms with Crippen LogP contribution in [0.3, 0.4) is 0 Å². The van der Waals surface area contributed by atoms with E-state index >= 15 is 0 Å². The second-order valence-corrected chi connectivity index (χ2v) is 3.12. The normalized spacial score (nSPS) is 12.3. The molecule has 2 aromatic heterocycles. The van der Waals surface area contributed by atoms with E-state index in [1.165, 1.54) is 12.3 Å². The van der Waals surface area contributed by atoms with Crippen molar-refractivity contribution in [1.29, 1.82) is 0 Å². The van der Waals surface area contributed by atoms with Crippen molar-refractivity contribution in [3.8, 4) is 0 Å². The van der Waals surface area contributed by atoms with E-state index in [-0.39, 0.29) is 16.2 Å². The summed E-state index contributed by atoms with van der Waals surface area (Å²) in [6, 6.07) is 2.25. The minimum Gasteiger partial charge on any atom is -0.359 e. The van der Waals surface area contributed by atoms with Crippen molar-refractivity contribution in [3.05, 3.63) is 29.0 Å². The molecule has 2 aromatic rings. The van der Waals surface area contributed by atoms with Crippen LogP contribution in [0.1, 0.15) is 5.56 Å². The number of nitrogens with zero attached hydrogens (tertiary/aromatic N) is 1. The third-order valence-electron chi connectivity index (χ3n) is 1.79. The Bertz CT molecular complexity index is 475. The highest BCUT2D eigenvalue weighted by Gasteiger charge is 2.33. The summed E-state index contributed by atoms with van der Waals surface area (Å²) in [5.74, 6) is 0. The molecular weight excluding hydrogens is 217 g/mol. The van der Waals surface area contributed by atoms with Gasteiger partial charge < -0.3 is 4.98 Å². The van der Waals surface area contributed by atoms with Crippen LogP contribution in [0.2, 0.25) is 5.15 Å². The molecule has 0 aliphatic rings. The molecule has 0 bridgehead atoms. The van der Waals surface area contributed by atoms with Gasteiger partial charge in [0.15, 0.2) is 0 Å². The Balaban J connectivity index is 2.80. The summed E-state index contributed by atoms with van der Waals surface area (Å²) in [5.41, 5.74) is -0.621. The van der Waals surface area contributed by atoms with Crippen LogP contribution in [-0.2, 0) is 6.18 Å². The van der Waals surface area contributed by atoms with E-state index in [1.807, 2.05) is 0 Å². The first kappa shape index (κ1) is 9.33. The molecule has 0 saturated heterocycles. The fraction of sp³-hybridized carbons (Fsp3) is 0.125. The molecule has 2 nitrogen and oxygen atoms in total. The van der Waals surface area contributed by atoms with Crippen molar-refractivity contribution in [1.82, 2.24) is 9.97 Å². The summed E-state index contributed by atoms with van der Waals surface area (Å²) >= 11 is 5.46. The molecule has 0 radical (unpaired) electrons. The summed E-state index contributed by atoms with van der Waals surface area (Å²) in [4.78, 5) is 6.22. The van der Waals surface area contributed by atoms with E-state index in [2.05, 4.69) is 9.97 Å². The number of aromatic nitrogens is 2. The van der Waals surface area contributed by atoms with Gasteiger partial charge in [-0.25, -0.2) is 4.98 Å². The lowest BCUT2D eigenvalue weighted by atomic mass is 10.2. The topological polar surface area (TPSA) is 28.7 Å². The van der Waals surface area contributed by atoms with Gasteiger partial charge in [0, 0.05) is 6.20 Å². The highest BCUT2D eigenvalue weighted by molar-refractivity contribution is 6.29. The molecule has 2 rings (SSSR count). The molecule has 6 heteroatoms. The van der Waals surface area contributed by atoms with Crippen LogP contribution in [0, 0.1) is 0 Å². The van der Waals surface area contributed by atoms with E-state index in [4.69, 9.17) is 11.6 Å². The van der Waals surface area contributed by atoms with Gasteiger partial charge in [-0.1, -0.05) is 11.6 Å². The van der Waals surface area contributed by atoms with E-state index in [0.717, 1.165) is 6.07 Å². The molecule has 74 valence electrons. The maximum Gasteiger partial charge on any atom is 0.418 e. The molecule has 14 heavy (non-hydrogen) atoms. The Morgan fingerprint density at radius 2 is 2.07 bits per heavy atom. The van der Waals surface area contributed by atoms with Gasteiger partial charge in [-0.2, -0.15) is 13.2 Å². The Hall–Kier alpha value is -1.23. The van der Waals surface area contributed by atoms with Crippen LogP contribution in [0.15, 0.2) is 18.3 Å². The van der Waals surface area contributed by atoms with E-state index in [9.17, 15) is 13.2 Å². The second kappa shape index (κ2) is 2.88. The van der Waals surface area contributed by atoms with E-state index < -0.39 is 11.7 Å². The van der Waals surface area contributed by atoms with E-state index in [1.54, 1.807) is 0 Å². The first-order chi connectivity index (χ1) is 6.48. The summed E-state index contributed by atoms with van der Waals surface area (Å²) in [6.45, 7) is 0. The average Bonchev–Trinajstić information content (AvgIpc) is 2.47. The fourth-order valence-electron chi connectivity index (χ4n) is 1.23. The van der Waals surface area contributed by atoms with Crippen molar-refractivity contribution >= 4 is 22.6 Å². The number of alkyl halides is 3. The number of nitrogens with one attached hydrogen (secondary N) is 1. The zero-order chi connectivity index (χ0) is 10.3. The second-order valence-electron chi connectivity index (χ2n) is 2.73. The maximum absolute atomic E-state index is 12.5. The van der Waals surface area contributed by atoms with Crippen LogP contribution in [-0.4, -0.2) is 9.97 Å². The Labute approximate surface area is 81.7 Å². The van der Waals surface area contributed by atoms with Crippen LogP contribution in [0.25, 0.3) is 11.0 Å². The van der Waals surface area contributed by atoms with Gasteiger partial charge >= 0.3 is 6.18 Å². The lowest BCUT2D eigenvalue weighted by Gasteiger charge is -2.07. The van der Waals surface area contributed by atoms with Gasteiger partial charge in [0.2, 0.25) is 0 Å². The van der Waals surface area contributed by atoms with Gasteiger partial charge in [-0.05, 0) is 12.1 Å². The molecule has 0 atom stereocenters. The largest absolute Gasteiger partial charge is 0.418 e. The molecular formula is C8H4ClF3N2. The molecule has 0 aliphatic carbocycles. The summed E-state index contributed by atoms with van der Waals surface area (Å²) < 4.78 is 37.4. The summed E-state index contributed by atoms with van der Waals surface area (Å²) in [7, 11) is 0. The van der Waals surface area contributed by atoms with E-state index in [0.29, 0.717) is 0 Å². The predicted molar refractivity (Wildman–Crippen MR) is 46.1 cm³/mol. The molecule has 0 unspecified atom stereocenters. The fourth-order valence-corrected chi connectivity index (χ4v) is 1.43. The molecule has 0 aliphatic heterocycles. The predicted octanol–water partition coefficient (Wildman–Crippen LogP) is 3.24.